The normalized spacial score (nSPS) is 10.4. The third-order valence-corrected chi connectivity index (χ3v) is 2.29. The van der Waals surface area contributed by atoms with Crippen LogP contribution in [-0.2, 0) is 13.6 Å². The highest BCUT2D eigenvalue weighted by molar-refractivity contribution is 5.59. The van der Waals surface area contributed by atoms with Crippen molar-refractivity contribution in [3.63, 3.8) is 0 Å². The summed E-state index contributed by atoms with van der Waals surface area (Å²) < 4.78 is 1.69. The molecule has 0 bridgehead atoms. The third-order valence-electron chi connectivity index (χ3n) is 2.29. The van der Waals surface area contributed by atoms with Crippen molar-refractivity contribution >= 4 is 11.5 Å². The predicted octanol–water partition coefficient (Wildman–Crippen LogP) is 1.32. The molecule has 5 heteroatoms. The second kappa shape index (κ2) is 4.22. The topological polar surface area (TPSA) is 68.8 Å². The Morgan fingerprint density at radius 2 is 2.25 bits per heavy atom. The molecule has 0 aliphatic rings. The van der Waals surface area contributed by atoms with E-state index >= 15 is 0 Å². The number of hydrogen-bond acceptors (Lipinski definition) is 4. The van der Waals surface area contributed by atoms with Gasteiger partial charge >= 0.3 is 0 Å². The Morgan fingerprint density at radius 1 is 1.44 bits per heavy atom. The first kappa shape index (κ1) is 10.5. The summed E-state index contributed by atoms with van der Waals surface area (Å²) in [7, 11) is 1.84. The van der Waals surface area contributed by atoms with Gasteiger partial charge in [-0.2, -0.15) is 5.10 Å². The maximum absolute atomic E-state index is 5.77. The van der Waals surface area contributed by atoms with E-state index in [-0.39, 0.29) is 0 Å². The summed E-state index contributed by atoms with van der Waals surface area (Å²) in [6.07, 6.45) is 3.62. The zero-order valence-corrected chi connectivity index (χ0v) is 9.44. The summed E-state index contributed by atoms with van der Waals surface area (Å²) in [6.45, 7) is 2.64. The lowest BCUT2D eigenvalue weighted by Gasteiger charge is -2.03. The Morgan fingerprint density at radius 3 is 2.81 bits per heavy atom. The fourth-order valence-corrected chi connectivity index (χ4v) is 1.43. The van der Waals surface area contributed by atoms with E-state index in [0.29, 0.717) is 18.1 Å². The maximum Gasteiger partial charge on any atom is 0.171 e. The number of nitrogen functional groups attached to an aromatic ring is 1. The maximum atomic E-state index is 5.77. The standard InChI is InChI=1S/C11H15N5/c1-8-3-4-9(5-13-8)6-14-11-10(12)7-16(2)15-11/h3-5,7H,6,12H2,1-2H3,(H,14,15). The number of hydrogen-bond donors (Lipinski definition) is 2. The van der Waals surface area contributed by atoms with Crippen LogP contribution in [0.4, 0.5) is 11.5 Å². The molecular weight excluding hydrogens is 202 g/mol. The van der Waals surface area contributed by atoms with Gasteiger partial charge in [0.15, 0.2) is 5.82 Å². The molecule has 0 saturated carbocycles. The van der Waals surface area contributed by atoms with E-state index in [2.05, 4.69) is 15.4 Å². The molecule has 0 aliphatic heterocycles. The summed E-state index contributed by atoms with van der Waals surface area (Å²) in [5.74, 6) is 0.711. The van der Waals surface area contributed by atoms with Crippen molar-refractivity contribution in [2.24, 2.45) is 7.05 Å². The van der Waals surface area contributed by atoms with Gasteiger partial charge in [-0.1, -0.05) is 6.07 Å². The van der Waals surface area contributed by atoms with Crippen LogP contribution < -0.4 is 11.1 Å². The van der Waals surface area contributed by atoms with E-state index in [1.54, 1.807) is 10.9 Å². The number of aromatic nitrogens is 3. The fourth-order valence-electron chi connectivity index (χ4n) is 1.43. The van der Waals surface area contributed by atoms with E-state index in [9.17, 15) is 0 Å². The van der Waals surface area contributed by atoms with Crippen LogP contribution in [0.1, 0.15) is 11.3 Å². The molecule has 2 aromatic heterocycles. The highest BCUT2D eigenvalue weighted by Gasteiger charge is 2.03. The molecule has 2 aromatic rings. The number of anilines is 2. The van der Waals surface area contributed by atoms with Crippen molar-refractivity contribution in [2.45, 2.75) is 13.5 Å². The molecule has 0 spiro atoms. The first-order chi connectivity index (χ1) is 7.65. The van der Waals surface area contributed by atoms with E-state index in [0.717, 1.165) is 11.3 Å². The van der Waals surface area contributed by atoms with Crippen LogP contribution in [0.5, 0.6) is 0 Å². The number of pyridine rings is 1. The van der Waals surface area contributed by atoms with Gasteiger partial charge in [0.25, 0.3) is 0 Å². The first-order valence-electron chi connectivity index (χ1n) is 5.09. The van der Waals surface area contributed by atoms with Crippen LogP contribution in [-0.4, -0.2) is 14.8 Å². The number of nitrogens with zero attached hydrogens (tertiary/aromatic N) is 3. The Hall–Kier alpha value is -2.04. The predicted molar refractivity (Wildman–Crippen MR) is 63.9 cm³/mol. The van der Waals surface area contributed by atoms with E-state index in [1.807, 2.05) is 32.3 Å². The van der Waals surface area contributed by atoms with Crippen molar-refractivity contribution < 1.29 is 0 Å². The zero-order valence-electron chi connectivity index (χ0n) is 9.44. The molecule has 16 heavy (non-hydrogen) atoms. The molecule has 0 amide bonds. The smallest absolute Gasteiger partial charge is 0.171 e. The van der Waals surface area contributed by atoms with Gasteiger partial charge in [-0.15, -0.1) is 0 Å². The molecule has 0 atom stereocenters. The van der Waals surface area contributed by atoms with E-state index < -0.39 is 0 Å². The van der Waals surface area contributed by atoms with Crippen LogP contribution in [0.25, 0.3) is 0 Å². The molecule has 0 radical (unpaired) electrons. The molecule has 0 unspecified atom stereocenters. The van der Waals surface area contributed by atoms with E-state index in [1.165, 1.54) is 0 Å². The molecule has 5 nitrogen and oxygen atoms in total. The largest absolute Gasteiger partial charge is 0.394 e. The third kappa shape index (κ3) is 2.31. The fraction of sp³-hybridized carbons (Fsp3) is 0.273. The van der Waals surface area contributed by atoms with Crippen molar-refractivity contribution in [1.82, 2.24) is 14.8 Å². The Balaban J connectivity index is 2.02. The molecule has 0 aromatic carbocycles. The lowest BCUT2D eigenvalue weighted by atomic mass is 10.2. The Kier molecular flexibility index (Phi) is 2.76. The second-order valence-electron chi connectivity index (χ2n) is 3.77. The van der Waals surface area contributed by atoms with Gasteiger partial charge in [0, 0.05) is 31.7 Å². The zero-order chi connectivity index (χ0) is 11.5. The summed E-state index contributed by atoms with van der Waals surface area (Å²) in [5, 5.41) is 7.38. The van der Waals surface area contributed by atoms with Crippen LogP contribution in [0.2, 0.25) is 0 Å². The second-order valence-corrected chi connectivity index (χ2v) is 3.77. The van der Waals surface area contributed by atoms with Crippen molar-refractivity contribution in [3.05, 3.63) is 35.8 Å². The highest BCUT2D eigenvalue weighted by atomic mass is 15.3. The molecule has 2 heterocycles. The SMILES string of the molecule is Cc1ccc(CNc2nn(C)cc2N)cn1. The number of aryl methyl sites for hydroxylation is 2. The molecule has 3 N–H and O–H groups in total. The lowest BCUT2D eigenvalue weighted by molar-refractivity contribution is 0.768. The van der Waals surface area contributed by atoms with Crippen LogP contribution in [0.15, 0.2) is 24.5 Å². The Labute approximate surface area is 94.3 Å². The molecule has 84 valence electrons. The average molecular weight is 217 g/mol. The highest BCUT2D eigenvalue weighted by Crippen LogP contribution is 2.15. The minimum absolute atomic E-state index is 0.655. The lowest BCUT2D eigenvalue weighted by Crippen LogP contribution is -2.03. The number of nitrogens with two attached hydrogens (primary N) is 1. The van der Waals surface area contributed by atoms with Gasteiger partial charge in [-0.05, 0) is 18.6 Å². The average Bonchev–Trinajstić information content (AvgIpc) is 2.57. The van der Waals surface area contributed by atoms with Crippen LogP contribution in [0, 0.1) is 6.92 Å². The molecule has 2 rings (SSSR count). The van der Waals surface area contributed by atoms with Crippen molar-refractivity contribution in [2.75, 3.05) is 11.1 Å². The molecule has 0 saturated heterocycles. The number of nitrogens with one attached hydrogen (secondary N) is 1. The van der Waals surface area contributed by atoms with Gasteiger partial charge < -0.3 is 11.1 Å². The van der Waals surface area contributed by atoms with Crippen molar-refractivity contribution in [3.8, 4) is 0 Å². The van der Waals surface area contributed by atoms with Crippen LogP contribution >= 0.6 is 0 Å². The van der Waals surface area contributed by atoms with Gasteiger partial charge in [-0.25, -0.2) is 0 Å². The van der Waals surface area contributed by atoms with Gasteiger partial charge in [0.2, 0.25) is 0 Å². The van der Waals surface area contributed by atoms with Crippen LogP contribution in [0.3, 0.4) is 0 Å². The summed E-state index contributed by atoms with van der Waals surface area (Å²) in [4.78, 5) is 4.22. The van der Waals surface area contributed by atoms with Gasteiger partial charge in [-0.3, -0.25) is 9.67 Å². The monoisotopic (exact) mass is 217 g/mol. The van der Waals surface area contributed by atoms with E-state index in [4.69, 9.17) is 5.73 Å². The molecular formula is C11H15N5. The minimum Gasteiger partial charge on any atom is -0.394 e. The number of rotatable bonds is 3. The minimum atomic E-state index is 0.655. The Bertz CT molecular complexity index is 472. The summed E-state index contributed by atoms with van der Waals surface area (Å²) in [6, 6.07) is 4.02. The summed E-state index contributed by atoms with van der Waals surface area (Å²) >= 11 is 0. The quantitative estimate of drug-likeness (QED) is 0.813. The molecule has 0 aliphatic carbocycles. The first-order valence-corrected chi connectivity index (χ1v) is 5.09. The summed E-state index contributed by atoms with van der Waals surface area (Å²) in [5.41, 5.74) is 8.55. The molecule has 0 fully saturated rings. The van der Waals surface area contributed by atoms with Crippen molar-refractivity contribution in [1.29, 1.82) is 0 Å². The van der Waals surface area contributed by atoms with Gasteiger partial charge in [0.05, 0.1) is 5.69 Å². The van der Waals surface area contributed by atoms with Gasteiger partial charge in [0.1, 0.15) is 0 Å².